The number of para-hydroxylation sites is 1. The molecule has 1 atom stereocenters. The van der Waals surface area contributed by atoms with E-state index in [-0.39, 0.29) is 17.7 Å². The first kappa shape index (κ1) is 20.7. The van der Waals surface area contributed by atoms with Crippen LogP contribution >= 0.6 is 0 Å². The molecular formula is C23H28N2O4. The molecule has 0 spiro atoms. The molecule has 2 aromatic carbocycles. The zero-order valence-corrected chi connectivity index (χ0v) is 17.2. The fourth-order valence-corrected chi connectivity index (χ4v) is 3.39. The molecule has 6 nitrogen and oxygen atoms in total. The first-order valence-corrected chi connectivity index (χ1v) is 10.1. The molecule has 0 fully saturated rings. The summed E-state index contributed by atoms with van der Waals surface area (Å²) in [4.78, 5) is 26.7. The number of rotatable bonds is 8. The number of ether oxygens (including phenoxy) is 2. The number of nitrogens with zero attached hydrogens (tertiary/aromatic N) is 1. The number of carbonyl (C=O) groups is 2. The topological polar surface area (TPSA) is 67.9 Å². The van der Waals surface area contributed by atoms with Crippen molar-refractivity contribution in [2.75, 3.05) is 23.4 Å². The van der Waals surface area contributed by atoms with Crippen LogP contribution in [0.3, 0.4) is 0 Å². The van der Waals surface area contributed by atoms with Crippen LogP contribution in [0, 0.1) is 5.92 Å². The monoisotopic (exact) mass is 396 g/mol. The lowest BCUT2D eigenvalue weighted by atomic mass is 10.0. The van der Waals surface area contributed by atoms with Crippen LogP contribution in [0.15, 0.2) is 48.5 Å². The molecule has 1 heterocycles. The highest BCUT2D eigenvalue weighted by Gasteiger charge is 2.31. The van der Waals surface area contributed by atoms with Crippen molar-refractivity contribution >= 4 is 23.2 Å². The van der Waals surface area contributed by atoms with Crippen LogP contribution in [-0.4, -0.2) is 31.1 Å². The van der Waals surface area contributed by atoms with Gasteiger partial charge in [0.15, 0.2) is 6.10 Å². The predicted molar refractivity (Wildman–Crippen MR) is 114 cm³/mol. The maximum absolute atomic E-state index is 12.6. The van der Waals surface area contributed by atoms with Crippen LogP contribution in [-0.2, 0) is 9.59 Å². The second-order valence-electron chi connectivity index (χ2n) is 7.10. The summed E-state index contributed by atoms with van der Waals surface area (Å²) in [5.74, 6) is 1.23. The van der Waals surface area contributed by atoms with Gasteiger partial charge in [-0.3, -0.25) is 9.59 Å². The van der Waals surface area contributed by atoms with Gasteiger partial charge in [0.05, 0.1) is 12.2 Å². The summed E-state index contributed by atoms with van der Waals surface area (Å²) in [5.41, 5.74) is 1.35. The van der Waals surface area contributed by atoms with Crippen LogP contribution in [0.2, 0.25) is 0 Å². The zero-order chi connectivity index (χ0) is 20.8. The van der Waals surface area contributed by atoms with Crippen molar-refractivity contribution in [1.29, 1.82) is 0 Å². The Labute approximate surface area is 171 Å². The van der Waals surface area contributed by atoms with E-state index in [0.29, 0.717) is 30.3 Å². The van der Waals surface area contributed by atoms with Crippen molar-refractivity contribution in [3.05, 3.63) is 48.5 Å². The molecular weight excluding hydrogens is 368 g/mol. The van der Waals surface area contributed by atoms with Gasteiger partial charge in [-0.15, -0.1) is 0 Å². The molecule has 154 valence electrons. The third-order valence-electron chi connectivity index (χ3n) is 5.12. The predicted octanol–water partition coefficient (Wildman–Crippen LogP) is 4.25. The van der Waals surface area contributed by atoms with Crippen molar-refractivity contribution in [2.45, 2.75) is 39.7 Å². The number of anilines is 2. The van der Waals surface area contributed by atoms with E-state index in [9.17, 15) is 9.59 Å². The Bertz CT molecular complexity index is 849. The minimum atomic E-state index is -0.593. The van der Waals surface area contributed by atoms with Crippen molar-refractivity contribution in [3.63, 3.8) is 0 Å². The van der Waals surface area contributed by atoms with Gasteiger partial charge in [-0.2, -0.15) is 0 Å². The smallest absolute Gasteiger partial charge is 0.267 e. The average Bonchev–Trinajstić information content (AvgIpc) is 2.72. The van der Waals surface area contributed by atoms with Crippen molar-refractivity contribution < 1.29 is 19.1 Å². The Kier molecular flexibility index (Phi) is 6.75. The molecule has 0 radical (unpaired) electrons. The number of hydrogen-bond acceptors (Lipinski definition) is 4. The lowest BCUT2D eigenvalue weighted by Crippen LogP contribution is -2.46. The highest BCUT2D eigenvalue weighted by atomic mass is 16.5. The Morgan fingerprint density at radius 3 is 2.59 bits per heavy atom. The Morgan fingerprint density at radius 2 is 1.90 bits per heavy atom. The van der Waals surface area contributed by atoms with E-state index < -0.39 is 6.10 Å². The van der Waals surface area contributed by atoms with Gasteiger partial charge in [-0.05, 0) is 44.0 Å². The molecule has 0 aliphatic carbocycles. The Hall–Kier alpha value is -3.02. The molecule has 6 heteroatoms. The summed E-state index contributed by atoms with van der Waals surface area (Å²) >= 11 is 0. The maximum Gasteiger partial charge on any atom is 0.267 e. The van der Waals surface area contributed by atoms with Crippen molar-refractivity contribution in [1.82, 2.24) is 0 Å². The fraction of sp³-hybridized carbons (Fsp3) is 0.391. The van der Waals surface area contributed by atoms with Gasteiger partial charge in [0.25, 0.3) is 5.91 Å². The van der Waals surface area contributed by atoms with Gasteiger partial charge in [0.2, 0.25) is 5.91 Å². The highest BCUT2D eigenvalue weighted by Crippen LogP contribution is 2.36. The van der Waals surface area contributed by atoms with E-state index in [0.717, 1.165) is 18.6 Å². The third-order valence-corrected chi connectivity index (χ3v) is 5.12. The summed E-state index contributed by atoms with van der Waals surface area (Å²) < 4.78 is 11.5. The van der Waals surface area contributed by atoms with E-state index in [1.165, 1.54) is 0 Å². The van der Waals surface area contributed by atoms with Gasteiger partial charge in [-0.25, -0.2) is 0 Å². The second kappa shape index (κ2) is 9.45. The first-order chi connectivity index (χ1) is 14.0. The minimum Gasteiger partial charge on any atom is -0.492 e. The van der Waals surface area contributed by atoms with Crippen LogP contribution in [0.4, 0.5) is 11.4 Å². The quantitative estimate of drug-likeness (QED) is 0.724. The van der Waals surface area contributed by atoms with Gasteiger partial charge in [0, 0.05) is 17.7 Å². The molecule has 2 aromatic rings. The summed E-state index contributed by atoms with van der Waals surface area (Å²) in [6.07, 6.45) is 0.999. The fourth-order valence-electron chi connectivity index (χ4n) is 3.39. The standard InChI is InChI=1S/C23H28N2O4/c1-4-17(5-2)22(26)24-18-11-12-20-21(15-18)29-16(3)23(27)25(20)13-14-28-19-9-7-6-8-10-19/h6-12,15-17H,4-5,13-14H2,1-3H3,(H,24,26). The number of hydrogen-bond donors (Lipinski definition) is 1. The molecule has 0 aromatic heterocycles. The summed E-state index contributed by atoms with van der Waals surface area (Å²) in [7, 11) is 0. The number of fused-ring (bicyclic) bond motifs is 1. The summed E-state index contributed by atoms with van der Waals surface area (Å²) in [5, 5.41) is 2.95. The lowest BCUT2D eigenvalue weighted by Gasteiger charge is -2.33. The number of nitrogens with one attached hydrogen (secondary N) is 1. The van der Waals surface area contributed by atoms with Crippen molar-refractivity contribution in [3.8, 4) is 11.5 Å². The van der Waals surface area contributed by atoms with E-state index in [1.54, 1.807) is 24.0 Å². The van der Waals surface area contributed by atoms with E-state index in [2.05, 4.69) is 5.32 Å². The molecule has 1 aliphatic rings. The molecule has 1 unspecified atom stereocenters. The van der Waals surface area contributed by atoms with Crippen molar-refractivity contribution in [2.24, 2.45) is 5.92 Å². The SMILES string of the molecule is CCC(CC)C(=O)Nc1ccc2c(c1)OC(C)C(=O)N2CCOc1ccccc1. The highest BCUT2D eigenvalue weighted by molar-refractivity contribution is 6.00. The molecule has 29 heavy (non-hydrogen) atoms. The molecule has 1 aliphatic heterocycles. The molecule has 0 saturated carbocycles. The normalized spacial score (nSPS) is 15.7. The molecule has 3 rings (SSSR count). The number of benzene rings is 2. The van der Waals surface area contributed by atoms with Gasteiger partial charge < -0.3 is 19.7 Å². The van der Waals surface area contributed by atoms with Crippen LogP contribution < -0.4 is 19.7 Å². The maximum atomic E-state index is 12.6. The van der Waals surface area contributed by atoms with Crippen LogP contribution in [0.25, 0.3) is 0 Å². The Morgan fingerprint density at radius 1 is 1.17 bits per heavy atom. The number of amides is 2. The van der Waals surface area contributed by atoms with E-state index >= 15 is 0 Å². The summed E-state index contributed by atoms with van der Waals surface area (Å²) in [6.45, 7) is 6.52. The van der Waals surface area contributed by atoms with Gasteiger partial charge >= 0.3 is 0 Å². The molecule has 0 bridgehead atoms. The summed E-state index contributed by atoms with van der Waals surface area (Å²) in [6, 6.07) is 14.9. The Balaban J connectivity index is 1.72. The first-order valence-electron chi connectivity index (χ1n) is 10.1. The molecule has 2 amide bonds. The second-order valence-corrected chi connectivity index (χ2v) is 7.10. The average molecular weight is 396 g/mol. The van der Waals surface area contributed by atoms with Gasteiger partial charge in [-0.1, -0.05) is 32.0 Å². The largest absolute Gasteiger partial charge is 0.492 e. The van der Waals surface area contributed by atoms with Gasteiger partial charge in [0.1, 0.15) is 18.1 Å². The van der Waals surface area contributed by atoms with Crippen LogP contribution in [0.1, 0.15) is 33.6 Å². The zero-order valence-electron chi connectivity index (χ0n) is 17.2. The number of carbonyl (C=O) groups excluding carboxylic acids is 2. The van der Waals surface area contributed by atoms with E-state index in [4.69, 9.17) is 9.47 Å². The van der Waals surface area contributed by atoms with Crippen LogP contribution in [0.5, 0.6) is 11.5 Å². The molecule has 1 N–H and O–H groups in total. The third kappa shape index (κ3) is 4.88. The lowest BCUT2D eigenvalue weighted by molar-refractivity contribution is -0.125. The van der Waals surface area contributed by atoms with E-state index in [1.807, 2.05) is 50.2 Å². The minimum absolute atomic E-state index is 0.00278. The molecule has 0 saturated heterocycles.